The fourth-order valence-electron chi connectivity index (χ4n) is 1.28. The molecule has 1 aromatic rings. The highest BCUT2D eigenvalue weighted by atomic mass is 14.8. The van der Waals surface area contributed by atoms with Gasteiger partial charge in [0.25, 0.3) is 0 Å². The van der Waals surface area contributed by atoms with Crippen LogP contribution in [-0.4, -0.2) is 11.5 Å². The summed E-state index contributed by atoms with van der Waals surface area (Å²) in [6.07, 6.45) is 3.32. The number of nitrogens with one attached hydrogen (secondary N) is 1. The summed E-state index contributed by atoms with van der Waals surface area (Å²) in [6.45, 7) is 6.99. The van der Waals surface area contributed by atoms with E-state index >= 15 is 0 Å². The van der Waals surface area contributed by atoms with Crippen LogP contribution in [0.1, 0.15) is 27.4 Å². The van der Waals surface area contributed by atoms with Gasteiger partial charge >= 0.3 is 0 Å². The average molecular weight is 166 g/mol. The molecule has 12 heavy (non-hydrogen) atoms. The fraction of sp³-hybridized carbons (Fsp3) is 0.500. The summed E-state index contributed by atoms with van der Waals surface area (Å²) >= 11 is 0. The van der Waals surface area contributed by atoms with Gasteiger partial charge in [0.05, 0.1) is 0 Å². The molecule has 1 aliphatic heterocycles. The highest BCUT2D eigenvalue weighted by Crippen LogP contribution is 1.87. The summed E-state index contributed by atoms with van der Waals surface area (Å²) in [5.74, 6) is 0. The Labute approximate surface area is 74.5 Å². The van der Waals surface area contributed by atoms with Crippen molar-refractivity contribution in [1.29, 1.82) is 0 Å². The number of hydrogen-bond acceptors (Lipinski definition) is 1. The van der Waals surface area contributed by atoms with Gasteiger partial charge in [0.15, 0.2) is 0 Å². The Kier molecular flexibility index (Phi) is 3.09. The number of nitrogens with zero attached hydrogens (tertiary/aromatic N) is 1. The molecule has 1 aromatic heterocycles. The van der Waals surface area contributed by atoms with Crippen LogP contribution >= 0.6 is 0 Å². The van der Waals surface area contributed by atoms with Gasteiger partial charge in [-0.3, -0.25) is 4.99 Å². The number of aryl methyl sites for hydroxylation is 1. The second kappa shape index (κ2) is 4.10. The van der Waals surface area contributed by atoms with Crippen LogP contribution in [0.5, 0.6) is 0 Å². The second-order valence-electron chi connectivity index (χ2n) is 2.63. The largest absolute Gasteiger partial charge is 0.344 e. The predicted molar refractivity (Wildman–Crippen MR) is 53.7 cm³/mol. The molecule has 0 spiro atoms. The van der Waals surface area contributed by atoms with Crippen molar-refractivity contribution in [3.8, 4) is 0 Å². The zero-order valence-corrected chi connectivity index (χ0v) is 8.02. The molecule has 0 fully saturated rings. The molecular formula is C10H18N2. The Bertz CT molecular complexity index is 318. The van der Waals surface area contributed by atoms with Crippen LogP contribution in [0.4, 0.5) is 0 Å². The first-order valence-corrected chi connectivity index (χ1v) is 4.56. The van der Waals surface area contributed by atoms with Crippen LogP contribution in [-0.2, 0) is 0 Å². The van der Waals surface area contributed by atoms with Crippen molar-refractivity contribution in [2.24, 2.45) is 4.99 Å². The Morgan fingerprint density at radius 1 is 1.50 bits per heavy atom. The van der Waals surface area contributed by atoms with E-state index in [-0.39, 0.29) is 1.43 Å². The van der Waals surface area contributed by atoms with Gasteiger partial charge in [-0.25, -0.2) is 0 Å². The van der Waals surface area contributed by atoms with Crippen LogP contribution in [0, 0.1) is 6.92 Å². The average Bonchev–Trinajstić information content (AvgIpc) is 2.48. The molecule has 0 atom stereocenters. The topological polar surface area (TPSA) is 28.1 Å². The number of aromatic amines is 1. The summed E-state index contributed by atoms with van der Waals surface area (Å²) in [7, 11) is 0. The summed E-state index contributed by atoms with van der Waals surface area (Å²) < 4.78 is 0. The van der Waals surface area contributed by atoms with Crippen molar-refractivity contribution in [1.82, 2.24) is 4.98 Å². The first-order valence-electron chi connectivity index (χ1n) is 4.56. The molecule has 2 heteroatoms. The van der Waals surface area contributed by atoms with Crippen molar-refractivity contribution in [3.63, 3.8) is 0 Å². The third kappa shape index (κ3) is 1.76. The molecule has 1 aliphatic rings. The van der Waals surface area contributed by atoms with Crippen molar-refractivity contribution in [3.05, 3.63) is 22.5 Å². The molecule has 0 radical (unpaired) electrons. The molecule has 0 saturated carbocycles. The van der Waals surface area contributed by atoms with Gasteiger partial charge in [0, 0.05) is 18.9 Å². The molecule has 2 rings (SSSR count). The van der Waals surface area contributed by atoms with Crippen LogP contribution in [0.25, 0.3) is 6.08 Å². The van der Waals surface area contributed by atoms with Crippen molar-refractivity contribution in [2.75, 3.05) is 6.54 Å². The summed E-state index contributed by atoms with van der Waals surface area (Å²) in [5, 5.41) is 1.27. The fourth-order valence-corrected chi connectivity index (χ4v) is 1.28. The van der Waals surface area contributed by atoms with E-state index in [0.717, 1.165) is 18.5 Å². The van der Waals surface area contributed by atoms with Crippen LogP contribution in [0.15, 0.2) is 11.1 Å². The number of hydrogen-bond donors (Lipinski definition) is 1. The Morgan fingerprint density at radius 3 is 2.92 bits per heavy atom. The third-order valence-corrected chi connectivity index (χ3v) is 1.72. The molecule has 1 N–H and O–H groups in total. The second-order valence-corrected chi connectivity index (χ2v) is 2.63. The Morgan fingerprint density at radius 2 is 2.25 bits per heavy atom. The van der Waals surface area contributed by atoms with Gasteiger partial charge in [-0.15, -0.1) is 0 Å². The van der Waals surface area contributed by atoms with E-state index in [1.165, 1.54) is 10.9 Å². The zero-order valence-electron chi connectivity index (χ0n) is 8.02. The highest BCUT2D eigenvalue weighted by molar-refractivity contribution is 5.25. The molecule has 2 heterocycles. The molecule has 68 valence electrons. The molecule has 0 aliphatic carbocycles. The summed E-state index contributed by atoms with van der Waals surface area (Å²) in [5.41, 5.74) is 2.26. The summed E-state index contributed by atoms with van der Waals surface area (Å²) in [6, 6.07) is 2.14. The van der Waals surface area contributed by atoms with Gasteiger partial charge in [0.2, 0.25) is 0 Å². The summed E-state index contributed by atoms with van der Waals surface area (Å²) in [4.78, 5) is 7.53. The molecule has 0 unspecified atom stereocenters. The SMILES string of the molecule is CC.Cc1cc2c([nH]1)=NCCC=2.[HH]. The highest BCUT2D eigenvalue weighted by Gasteiger charge is 1.95. The predicted octanol–water partition coefficient (Wildman–Crippen LogP) is 1.40. The number of H-pyrrole nitrogens is 1. The minimum absolute atomic E-state index is 0. The lowest BCUT2D eigenvalue weighted by Crippen LogP contribution is -2.25. The Hall–Kier alpha value is -1.05. The smallest absolute Gasteiger partial charge is 0.132 e. The minimum atomic E-state index is 0. The van der Waals surface area contributed by atoms with E-state index in [1.807, 2.05) is 13.8 Å². The van der Waals surface area contributed by atoms with E-state index in [4.69, 9.17) is 0 Å². The van der Waals surface area contributed by atoms with E-state index < -0.39 is 0 Å². The van der Waals surface area contributed by atoms with E-state index in [1.54, 1.807) is 0 Å². The third-order valence-electron chi connectivity index (χ3n) is 1.72. The maximum absolute atomic E-state index is 4.33. The monoisotopic (exact) mass is 166 g/mol. The van der Waals surface area contributed by atoms with E-state index in [9.17, 15) is 0 Å². The molecule has 2 nitrogen and oxygen atoms in total. The quantitative estimate of drug-likeness (QED) is 0.603. The number of fused-ring (bicyclic) bond motifs is 1. The molecule has 0 aromatic carbocycles. The molecule has 0 amide bonds. The van der Waals surface area contributed by atoms with Gasteiger partial charge in [-0.1, -0.05) is 19.9 Å². The maximum atomic E-state index is 4.33. The van der Waals surface area contributed by atoms with E-state index in [2.05, 4.69) is 29.0 Å². The minimum Gasteiger partial charge on any atom is -0.344 e. The standard InChI is InChI=1S/C8H10N2.C2H6.H2/c1-6-5-7-3-2-4-9-8(7)10-6;1-2;/h3,5H,2,4H2,1H3,(H,9,10);1-2H3;1H. The van der Waals surface area contributed by atoms with Gasteiger partial charge in [0.1, 0.15) is 5.49 Å². The maximum Gasteiger partial charge on any atom is 0.132 e. The van der Waals surface area contributed by atoms with Crippen LogP contribution in [0.3, 0.4) is 0 Å². The molecule has 0 bridgehead atoms. The lowest BCUT2D eigenvalue weighted by Gasteiger charge is -1.91. The first-order chi connectivity index (χ1) is 5.86. The Balaban J connectivity index is 0.000000451. The van der Waals surface area contributed by atoms with Crippen LogP contribution in [0.2, 0.25) is 0 Å². The zero-order chi connectivity index (χ0) is 8.97. The first kappa shape index (κ1) is 9.04. The van der Waals surface area contributed by atoms with Crippen molar-refractivity contribution < 1.29 is 1.43 Å². The van der Waals surface area contributed by atoms with Crippen LogP contribution < -0.4 is 10.7 Å². The lowest BCUT2D eigenvalue weighted by molar-refractivity contribution is 0.932. The number of aromatic nitrogens is 1. The molecular weight excluding hydrogens is 148 g/mol. The van der Waals surface area contributed by atoms with Gasteiger partial charge in [-0.05, 0) is 19.4 Å². The van der Waals surface area contributed by atoms with Crippen molar-refractivity contribution >= 4 is 6.08 Å². The number of rotatable bonds is 0. The van der Waals surface area contributed by atoms with Gasteiger partial charge < -0.3 is 4.98 Å². The van der Waals surface area contributed by atoms with Gasteiger partial charge in [-0.2, -0.15) is 0 Å². The van der Waals surface area contributed by atoms with E-state index in [0.29, 0.717) is 0 Å². The molecule has 0 saturated heterocycles. The normalized spacial score (nSPS) is 13.2. The van der Waals surface area contributed by atoms with Crippen molar-refractivity contribution in [2.45, 2.75) is 27.2 Å². The lowest BCUT2D eigenvalue weighted by atomic mass is 10.3.